The third kappa shape index (κ3) is 9.23. The molecule has 0 aromatic heterocycles. The SMILES string of the molecule is Cc1ccccc1CC(O)(Cc1ccccc1C)[C@@H](NC(=O)C1(C(=O)N[C@@H](c2cccc3ccccc23)C(O)(Cc2ccccc2C)Cc2ccccc2C)CCC1)c1cccc2ccccc12. The highest BCUT2D eigenvalue weighted by atomic mass is 16.3. The van der Waals surface area contributed by atoms with Gasteiger partial charge in [0.05, 0.1) is 23.3 Å². The molecule has 2 atom stereocenters. The summed E-state index contributed by atoms with van der Waals surface area (Å²) in [5, 5.41) is 38.0. The molecule has 344 valence electrons. The number of aryl methyl sites for hydroxylation is 4. The first-order valence-corrected chi connectivity index (χ1v) is 24.1. The van der Waals surface area contributed by atoms with Crippen LogP contribution in [0, 0.1) is 33.1 Å². The van der Waals surface area contributed by atoms with Gasteiger partial charge in [-0.15, -0.1) is 0 Å². The smallest absolute Gasteiger partial charge is 0.236 e. The fraction of sp³-hybridized carbons (Fsp3) is 0.258. The number of carbonyl (C=O) groups excluding carboxylic acids is 2. The molecule has 8 aromatic rings. The summed E-state index contributed by atoms with van der Waals surface area (Å²) in [7, 11) is 0. The molecule has 6 nitrogen and oxygen atoms in total. The monoisotopic (exact) mass is 898 g/mol. The lowest BCUT2D eigenvalue weighted by atomic mass is 9.66. The number of fused-ring (bicyclic) bond motifs is 2. The van der Waals surface area contributed by atoms with Gasteiger partial charge in [0.2, 0.25) is 11.8 Å². The van der Waals surface area contributed by atoms with Crippen molar-refractivity contribution in [2.45, 2.75) is 95.9 Å². The molecule has 9 rings (SSSR count). The zero-order valence-corrected chi connectivity index (χ0v) is 39.6. The molecule has 0 saturated heterocycles. The number of benzene rings is 8. The average molecular weight is 899 g/mol. The molecule has 0 aliphatic heterocycles. The summed E-state index contributed by atoms with van der Waals surface area (Å²) in [6.07, 6.45) is 2.29. The van der Waals surface area contributed by atoms with Crippen molar-refractivity contribution in [3.05, 3.63) is 238 Å². The number of hydrogen-bond donors (Lipinski definition) is 4. The van der Waals surface area contributed by atoms with Gasteiger partial charge in [-0.2, -0.15) is 0 Å². The minimum Gasteiger partial charge on any atom is -0.387 e. The number of amides is 2. The molecule has 1 fully saturated rings. The third-order valence-electron chi connectivity index (χ3n) is 15.0. The number of carbonyl (C=O) groups is 2. The number of hydrogen-bond acceptors (Lipinski definition) is 4. The number of aliphatic hydroxyl groups is 2. The topological polar surface area (TPSA) is 98.7 Å². The van der Waals surface area contributed by atoms with Crippen LogP contribution in [0.5, 0.6) is 0 Å². The Labute approximate surface area is 401 Å². The molecule has 1 aliphatic rings. The van der Waals surface area contributed by atoms with Crippen molar-refractivity contribution < 1.29 is 19.8 Å². The van der Waals surface area contributed by atoms with E-state index in [1.807, 2.05) is 158 Å². The summed E-state index contributed by atoms with van der Waals surface area (Å²) >= 11 is 0. The highest BCUT2D eigenvalue weighted by Crippen LogP contribution is 2.46. The third-order valence-corrected chi connectivity index (χ3v) is 15.0. The second-order valence-electron chi connectivity index (χ2n) is 19.5. The van der Waals surface area contributed by atoms with Crippen LogP contribution in [0.3, 0.4) is 0 Å². The van der Waals surface area contributed by atoms with E-state index in [0.29, 0.717) is 19.3 Å². The predicted octanol–water partition coefficient (Wildman–Crippen LogP) is 11.8. The van der Waals surface area contributed by atoms with Crippen LogP contribution in [0.4, 0.5) is 0 Å². The predicted molar refractivity (Wildman–Crippen MR) is 275 cm³/mol. The molecule has 2 amide bonds. The van der Waals surface area contributed by atoms with Crippen molar-refractivity contribution in [2.24, 2.45) is 5.41 Å². The van der Waals surface area contributed by atoms with Crippen LogP contribution in [0.25, 0.3) is 21.5 Å². The van der Waals surface area contributed by atoms with Crippen molar-refractivity contribution in [1.29, 1.82) is 0 Å². The van der Waals surface area contributed by atoms with E-state index < -0.39 is 40.5 Å². The molecule has 1 saturated carbocycles. The van der Waals surface area contributed by atoms with E-state index in [4.69, 9.17) is 0 Å². The van der Waals surface area contributed by atoms with Gasteiger partial charge in [-0.3, -0.25) is 9.59 Å². The van der Waals surface area contributed by atoms with E-state index >= 15 is 9.59 Å². The molecule has 6 heteroatoms. The molecule has 0 radical (unpaired) electrons. The van der Waals surface area contributed by atoms with Crippen molar-refractivity contribution in [3.63, 3.8) is 0 Å². The minimum atomic E-state index is -1.55. The summed E-state index contributed by atoms with van der Waals surface area (Å²) in [5.74, 6) is -0.879. The van der Waals surface area contributed by atoms with E-state index in [2.05, 4.69) is 62.6 Å². The van der Waals surface area contributed by atoms with Crippen molar-refractivity contribution in [2.75, 3.05) is 0 Å². The Balaban J connectivity index is 1.16. The number of rotatable bonds is 16. The van der Waals surface area contributed by atoms with Crippen LogP contribution in [-0.2, 0) is 35.3 Å². The first-order valence-electron chi connectivity index (χ1n) is 24.1. The summed E-state index contributed by atoms with van der Waals surface area (Å²) in [4.78, 5) is 31.4. The van der Waals surface area contributed by atoms with Gasteiger partial charge in [0, 0.05) is 25.7 Å². The first kappa shape index (κ1) is 46.3. The van der Waals surface area contributed by atoms with E-state index in [9.17, 15) is 10.2 Å². The Morgan fingerprint density at radius 1 is 0.441 bits per heavy atom. The average Bonchev–Trinajstić information content (AvgIpc) is 3.32. The molecule has 0 spiro atoms. The van der Waals surface area contributed by atoms with E-state index in [0.717, 1.165) is 77.2 Å². The van der Waals surface area contributed by atoms with Gasteiger partial charge in [0.25, 0.3) is 0 Å². The van der Waals surface area contributed by atoms with Crippen LogP contribution in [0.1, 0.15) is 87.0 Å². The van der Waals surface area contributed by atoms with Crippen LogP contribution < -0.4 is 10.6 Å². The zero-order valence-electron chi connectivity index (χ0n) is 39.6. The van der Waals surface area contributed by atoms with Gasteiger partial charge in [-0.1, -0.05) is 188 Å². The molecule has 0 heterocycles. The Kier molecular flexibility index (Phi) is 13.2. The van der Waals surface area contributed by atoms with Gasteiger partial charge in [-0.25, -0.2) is 0 Å². The van der Waals surface area contributed by atoms with E-state index in [-0.39, 0.29) is 25.7 Å². The second kappa shape index (κ2) is 19.4. The van der Waals surface area contributed by atoms with Crippen molar-refractivity contribution >= 4 is 33.4 Å². The van der Waals surface area contributed by atoms with Gasteiger partial charge in [-0.05, 0) is 118 Å². The maximum Gasteiger partial charge on any atom is 0.236 e. The lowest BCUT2D eigenvalue weighted by Gasteiger charge is -2.45. The Hall–Kier alpha value is -6.86. The summed E-state index contributed by atoms with van der Waals surface area (Å²) < 4.78 is 0. The van der Waals surface area contributed by atoms with Crippen LogP contribution in [0.2, 0.25) is 0 Å². The van der Waals surface area contributed by atoms with Crippen LogP contribution in [0.15, 0.2) is 182 Å². The molecule has 8 aromatic carbocycles. The van der Waals surface area contributed by atoms with Gasteiger partial charge < -0.3 is 20.8 Å². The lowest BCUT2D eigenvalue weighted by Crippen LogP contribution is -2.61. The molecule has 1 aliphatic carbocycles. The highest BCUT2D eigenvalue weighted by Gasteiger charge is 2.54. The summed E-state index contributed by atoms with van der Waals surface area (Å²) in [6, 6.07) is 58.6. The standard InChI is InChI=1S/C62H62N2O4/c1-42-20-5-9-26-48(42)38-61(67,39-49-27-10-6-21-43(49)2)56(54-34-17-30-46-24-13-15-32-52(46)54)63-58(65)60(36-19-37-60)59(66)64-57(55-35-18-31-47-25-14-16-33-53(47)55)62(68,40-50-28-11-7-22-44(50)3)41-51-29-12-8-23-45(51)4/h5-18,20-35,56-57,67-68H,19,36-41H2,1-4H3,(H,63,65)(H,64,66)/t56-,57-/m0/s1. The van der Waals surface area contributed by atoms with Crippen LogP contribution >= 0.6 is 0 Å². The fourth-order valence-electron chi connectivity index (χ4n) is 10.7. The lowest BCUT2D eigenvalue weighted by molar-refractivity contribution is -0.153. The second-order valence-corrected chi connectivity index (χ2v) is 19.5. The summed E-state index contributed by atoms with van der Waals surface area (Å²) in [6.45, 7) is 8.20. The Morgan fingerprint density at radius 3 is 1.04 bits per heavy atom. The quantitative estimate of drug-likeness (QED) is 0.0726. The maximum absolute atomic E-state index is 15.7. The zero-order chi connectivity index (χ0) is 47.5. The van der Waals surface area contributed by atoms with Gasteiger partial charge in [0.15, 0.2) is 0 Å². The summed E-state index contributed by atoms with van der Waals surface area (Å²) in [5.41, 5.74) is 5.01. The Morgan fingerprint density at radius 2 is 0.735 bits per heavy atom. The molecule has 0 unspecified atom stereocenters. The molecule has 68 heavy (non-hydrogen) atoms. The van der Waals surface area contributed by atoms with E-state index in [1.54, 1.807) is 0 Å². The molecule has 0 bridgehead atoms. The van der Waals surface area contributed by atoms with Crippen molar-refractivity contribution in [1.82, 2.24) is 10.6 Å². The number of nitrogens with one attached hydrogen (secondary N) is 2. The molecular formula is C62H62N2O4. The van der Waals surface area contributed by atoms with Gasteiger partial charge >= 0.3 is 0 Å². The van der Waals surface area contributed by atoms with Gasteiger partial charge in [0.1, 0.15) is 5.41 Å². The van der Waals surface area contributed by atoms with E-state index in [1.165, 1.54) is 0 Å². The molecular weight excluding hydrogens is 837 g/mol. The highest BCUT2D eigenvalue weighted by molar-refractivity contribution is 6.06. The minimum absolute atomic E-state index is 0.245. The largest absolute Gasteiger partial charge is 0.387 e. The fourth-order valence-corrected chi connectivity index (χ4v) is 10.7. The maximum atomic E-state index is 15.7. The first-order chi connectivity index (χ1) is 32.9. The normalized spacial score (nSPS) is 14.5. The molecule has 4 N–H and O–H groups in total. The van der Waals surface area contributed by atoms with Crippen molar-refractivity contribution in [3.8, 4) is 0 Å². The van der Waals surface area contributed by atoms with Crippen LogP contribution in [-0.4, -0.2) is 33.2 Å². The Bertz CT molecular complexity index is 2800.